The molecule has 1 aliphatic heterocycles. The topological polar surface area (TPSA) is 114 Å². The van der Waals surface area contributed by atoms with E-state index in [-0.39, 0.29) is 39.7 Å². The standard InChI is InChI=1S/C20H21ClFN5O4/c1-27-18-9(6-24-20(26-18)25-12-8-31-7-11(12)23)4-10(19(27)28)15-16(21)13(29-2)5-14(30-3)17(15)22/h4-6,11-12H,7-8,23H2,1-3H3,(H,24,25,26)/t11-,12+/m0/s1. The molecule has 9 nitrogen and oxygen atoms in total. The number of aromatic nitrogens is 3. The molecule has 0 radical (unpaired) electrons. The van der Waals surface area contributed by atoms with Gasteiger partial charge in [-0.25, -0.2) is 9.37 Å². The second kappa shape index (κ2) is 8.29. The molecule has 0 unspecified atom stereocenters. The van der Waals surface area contributed by atoms with E-state index in [9.17, 15) is 4.79 Å². The fraction of sp³-hybridized carbons (Fsp3) is 0.350. The highest BCUT2D eigenvalue weighted by Gasteiger charge is 2.26. The second-order valence-electron chi connectivity index (χ2n) is 7.13. The van der Waals surface area contributed by atoms with E-state index in [4.69, 9.17) is 31.5 Å². The summed E-state index contributed by atoms with van der Waals surface area (Å²) in [5.74, 6) is -0.361. The summed E-state index contributed by atoms with van der Waals surface area (Å²) in [7, 11) is 4.25. The van der Waals surface area contributed by atoms with Crippen LogP contribution in [0.15, 0.2) is 23.1 Å². The molecule has 0 bridgehead atoms. The Bertz CT molecular complexity index is 1190. The highest BCUT2D eigenvalue weighted by atomic mass is 35.5. The number of anilines is 1. The summed E-state index contributed by atoms with van der Waals surface area (Å²) in [4.78, 5) is 21.9. The zero-order valence-electron chi connectivity index (χ0n) is 17.1. The Labute approximate surface area is 181 Å². The normalized spacial score (nSPS) is 18.4. The van der Waals surface area contributed by atoms with Crippen LogP contribution in [0.3, 0.4) is 0 Å². The third-order valence-electron chi connectivity index (χ3n) is 5.23. The first-order chi connectivity index (χ1) is 14.8. The quantitative estimate of drug-likeness (QED) is 0.607. The SMILES string of the molecule is COc1cc(OC)c(Cl)c(-c2cc3cnc(N[C@@H]4COC[C@@H]4N)nc3n(C)c2=O)c1F. The van der Waals surface area contributed by atoms with Gasteiger partial charge in [-0.3, -0.25) is 9.36 Å². The van der Waals surface area contributed by atoms with Gasteiger partial charge in [-0.15, -0.1) is 0 Å². The third kappa shape index (κ3) is 3.67. The molecule has 3 aromatic rings. The number of hydrogen-bond acceptors (Lipinski definition) is 8. The first-order valence-electron chi connectivity index (χ1n) is 9.42. The predicted octanol–water partition coefficient (Wildman–Crippen LogP) is 1.94. The van der Waals surface area contributed by atoms with E-state index in [1.807, 2.05) is 0 Å². The molecule has 2 atom stereocenters. The number of halogens is 2. The van der Waals surface area contributed by atoms with Gasteiger partial charge in [-0.1, -0.05) is 11.6 Å². The number of methoxy groups -OCH3 is 2. The van der Waals surface area contributed by atoms with Gasteiger partial charge in [0, 0.05) is 30.3 Å². The molecule has 3 N–H and O–H groups in total. The molecule has 0 amide bonds. The Morgan fingerprint density at radius 2 is 2.03 bits per heavy atom. The molecule has 4 rings (SSSR count). The number of benzene rings is 1. The number of ether oxygens (including phenoxy) is 3. The maximum absolute atomic E-state index is 15.1. The lowest BCUT2D eigenvalue weighted by Crippen LogP contribution is -2.39. The Morgan fingerprint density at radius 3 is 2.68 bits per heavy atom. The predicted molar refractivity (Wildman–Crippen MR) is 114 cm³/mol. The molecule has 11 heteroatoms. The van der Waals surface area contributed by atoms with Crippen molar-refractivity contribution in [2.24, 2.45) is 12.8 Å². The van der Waals surface area contributed by atoms with Gasteiger partial charge in [0.2, 0.25) is 5.95 Å². The van der Waals surface area contributed by atoms with Crippen molar-refractivity contribution in [2.75, 3.05) is 32.8 Å². The summed E-state index contributed by atoms with van der Waals surface area (Å²) in [6.45, 7) is 0.888. The van der Waals surface area contributed by atoms with E-state index in [0.717, 1.165) is 0 Å². The molecule has 164 valence electrons. The molecule has 0 aliphatic carbocycles. The lowest BCUT2D eigenvalue weighted by molar-refractivity contribution is 0.192. The van der Waals surface area contributed by atoms with Gasteiger partial charge in [0.15, 0.2) is 11.6 Å². The zero-order valence-corrected chi connectivity index (χ0v) is 17.9. The van der Waals surface area contributed by atoms with Crippen LogP contribution in [0.1, 0.15) is 0 Å². The molecule has 1 saturated heterocycles. The minimum absolute atomic E-state index is 0.0326. The van der Waals surface area contributed by atoms with Crippen molar-refractivity contribution in [1.82, 2.24) is 14.5 Å². The molecule has 1 fully saturated rings. The van der Waals surface area contributed by atoms with E-state index in [1.165, 1.54) is 37.1 Å². The second-order valence-corrected chi connectivity index (χ2v) is 7.51. The van der Waals surface area contributed by atoms with Crippen LogP contribution in [0, 0.1) is 5.82 Å². The fourth-order valence-electron chi connectivity index (χ4n) is 3.50. The van der Waals surface area contributed by atoms with Gasteiger partial charge >= 0.3 is 0 Å². The van der Waals surface area contributed by atoms with Gasteiger partial charge in [0.05, 0.1) is 50.1 Å². The molecule has 0 saturated carbocycles. The highest BCUT2D eigenvalue weighted by molar-refractivity contribution is 6.35. The van der Waals surface area contributed by atoms with Crippen LogP contribution in [0.5, 0.6) is 11.5 Å². The number of hydrogen-bond donors (Lipinski definition) is 2. The summed E-state index contributed by atoms with van der Waals surface area (Å²) in [5, 5.41) is 3.61. The summed E-state index contributed by atoms with van der Waals surface area (Å²) < 4.78 is 32.0. The summed E-state index contributed by atoms with van der Waals surface area (Å²) in [6, 6.07) is 2.50. The number of aryl methyl sites for hydroxylation is 1. The number of nitrogens with zero attached hydrogens (tertiary/aromatic N) is 3. The van der Waals surface area contributed by atoms with Crippen molar-refractivity contribution < 1.29 is 18.6 Å². The lowest BCUT2D eigenvalue weighted by Gasteiger charge is -2.17. The van der Waals surface area contributed by atoms with E-state index in [1.54, 1.807) is 7.05 Å². The van der Waals surface area contributed by atoms with Crippen molar-refractivity contribution >= 4 is 28.6 Å². The van der Waals surface area contributed by atoms with Crippen LogP contribution in [-0.2, 0) is 11.8 Å². The zero-order chi connectivity index (χ0) is 22.3. The number of nitrogens with two attached hydrogens (primary N) is 1. The third-order valence-corrected chi connectivity index (χ3v) is 5.61. The molecular formula is C20H21ClFN5O4. The Hall–Kier alpha value is -2.95. The van der Waals surface area contributed by atoms with Crippen molar-refractivity contribution in [1.29, 1.82) is 0 Å². The van der Waals surface area contributed by atoms with Gasteiger partial charge in [0.25, 0.3) is 5.56 Å². The first kappa shape index (κ1) is 21.3. The van der Waals surface area contributed by atoms with Crippen LogP contribution in [-0.4, -0.2) is 54.1 Å². The van der Waals surface area contributed by atoms with E-state index in [2.05, 4.69) is 15.3 Å². The first-order valence-corrected chi connectivity index (χ1v) is 9.80. The Kier molecular flexibility index (Phi) is 5.69. The molecule has 31 heavy (non-hydrogen) atoms. The van der Waals surface area contributed by atoms with Gasteiger partial charge < -0.3 is 25.3 Å². The summed E-state index contributed by atoms with van der Waals surface area (Å²) in [5.41, 5.74) is 5.78. The van der Waals surface area contributed by atoms with Crippen molar-refractivity contribution in [2.45, 2.75) is 12.1 Å². The van der Waals surface area contributed by atoms with Gasteiger partial charge in [-0.05, 0) is 6.07 Å². The minimum atomic E-state index is -0.765. The summed E-state index contributed by atoms with van der Waals surface area (Å²) in [6.07, 6.45) is 1.54. The lowest BCUT2D eigenvalue weighted by atomic mass is 10.0. The van der Waals surface area contributed by atoms with E-state index >= 15 is 4.39 Å². The van der Waals surface area contributed by atoms with Gasteiger partial charge in [0.1, 0.15) is 11.4 Å². The van der Waals surface area contributed by atoms with Crippen LogP contribution in [0.4, 0.5) is 10.3 Å². The Morgan fingerprint density at radius 1 is 1.29 bits per heavy atom. The highest BCUT2D eigenvalue weighted by Crippen LogP contribution is 2.41. The molecule has 1 aliphatic rings. The average Bonchev–Trinajstić information content (AvgIpc) is 3.16. The number of fused-ring (bicyclic) bond motifs is 1. The van der Waals surface area contributed by atoms with Crippen LogP contribution in [0.25, 0.3) is 22.2 Å². The molecule has 1 aromatic carbocycles. The van der Waals surface area contributed by atoms with Gasteiger partial charge in [-0.2, -0.15) is 4.98 Å². The Balaban J connectivity index is 1.85. The molecule has 3 heterocycles. The maximum atomic E-state index is 15.1. The number of rotatable bonds is 5. The molecular weight excluding hydrogens is 429 g/mol. The monoisotopic (exact) mass is 449 g/mol. The maximum Gasteiger partial charge on any atom is 0.259 e. The van der Waals surface area contributed by atoms with E-state index < -0.39 is 11.4 Å². The smallest absolute Gasteiger partial charge is 0.259 e. The van der Waals surface area contributed by atoms with E-state index in [0.29, 0.717) is 30.2 Å². The summed E-state index contributed by atoms with van der Waals surface area (Å²) >= 11 is 6.35. The van der Waals surface area contributed by atoms with Crippen molar-refractivity contribution in [3.05, 3.63) is 39.5 Å². The number of nitrogens with one attached hydrogen (secondary N) is 1. The van der Waals surface area contributed by atoms with Crippen LogP contribution >= 0.6 is 11.6 Å². The average molecular weight is 450 g/mol. The van der Waals surface area contributed by atoms with Crippen LogP contribution in [0.2, 0.25) is 5.02 Å². The van der Waals surface area contributed by atoms with Crippen molar-refractivity contribution in [3.8, 4) is 22.6 Å². The molecule has 2 aromatic heterocycles. The van der Waals surface area contributed by atoms with Crippen molar-refractivity contribution in [3.63, 3.8) is 0 Å². The fourth-order valence-corrected chi connectivity index (χ4v) is 3.82. The largest absolute Gasteiger partial charge is 0.495 e. The number of pyridine rings is 1. The minimum Gasteiger partial charge on any atom is -0.495 e. The molecule has 0 spiro atoms. The van der Waals surface area contributed by atoms with Crippen LogP contribution < -0.4 is 26.1 Å².